The molecule has 1 fully saturated rings. The Hall–Kier alpha value is -0.610. The third-order valence-electron chi connectivity index (χ3n) is 4.24. The summed E-state index contributed by atoms with van der Waals surface area (Å²) < 4.78 is 0. The number of nitrogens with two attached hydrogens (primary N) is 1. The molecule has 1 aliphatic carbocycles. The molecule has 0 spiro atoms. The lowest BCUT2D eigenvalue weighted by Gasteiger charge is -2.50. The summed E-state index contributed by atoms with van der Waals surface area (Å²) >= 11 is 0. The molecule has 0 heterocycles. The van der Waals surface area contributed by atoms with Crippen molar-refractivity contribution < 1.29 is 9.90 Å². The highest BCUT2D eigenvalue weighted by Crippen LogP contribution is 2.40. The lowest BCUT2D eigenvalue weighted by molar-refractivity contribution is -0.134. The van der Waals surface area contributed by atoms with Crippen LogP contribution >= 0.6 is 0 Å². The maximum absolute atomic E-state index is 12.0. The van der Waals surface area contributed by atoms with Crippen molar-refractivity contribution in [1.82, 2.24) is 5.32 Å². The second kappa shape index (κ2) is 4.34. The van der Waals surface area contributed by atoms with Gasteiger partial charge in [-0.05, 0) is 19.3 Å². The molecule has 0 aromatic heterocycles. The number of amides is 1. The highest BCUT2D eigenvalue weighted by Gasteiger charge is 2.49. The van der Waals surface area contributed by atoms with Crippen LogP contribution in [0.5, 0.6) is 0 Å². The number of aliphatic hydroxyl groups excluding tert-OH is 1. The lowest BCUT2D eigenvalue weighted by Crippen LogP contribution is -2.65. The van der Waals surface area contributed by atoms with Crippen LogP contribution in [0.1, 0.15) is 47.0 Å². The van der Waals surface area contributed by atoms with Gasteiger partial charge in [0.1, 0.15) is 0 Å². The Bertz CT molecular complexity index is 272. The zero-order valence-corrected chi connectivity index (χ0v) is 10.7. The van der Waals surface area contributed by atoms with Gasteiger partial charge in [-0.1, -0.05) is 27.7 Å². The smallest absolute Gasteiger partial charge is 0.240 e. The summed E-state index contributed by atoms with van der Waals surface area (Å²) in [6.45, 7) is 7.76. The number of nitrogens with one attached hydrogen (secondary N) is 1. The minimum Gasteiger partial charge on any atom is -0.392 e. The van der Waals surface area contributed by atoms with Crippen LogP contribution in [0, 0.1) is 5.41 Å². The van der Waals surface area contributed by atoms with Crippen LogP contribution < -0.4 is 11.1 Å². The van der Waals surface area contributed by atoms with Gasteiger partial charge >= 0.3 is 0 Å². The first-order valence-electron chi connectivity index (χ1n) is 6.05. The highest BCUT2D eigenvalue weighted by molar-refractivity contribution is 5.86. The van der Waals surface area contributed by atoms with Crippen LogP contribution in [0.15, 0.2) is 0 Å². The van der Waals surface area contributed by atoms with E-state index in [0.717, 1.165) is 0 Å². The molecule has 0 radical (unpaired) electrons. The summed E-state index contributed by atoms with van der Waals surface area (Å²) in [5.41, 5.74) is 5.01. The Morgan fingerprint density at radius 1 is 1.50 bits per heavy atom. The third kappa shape index (κ3) is 2.09. The number of hydrogen-bond donors (Lipinski definition) is 3. The number of aliphatic hydroxyl groups is 1. The van der Waals surface area contributed by atoms with Crippen molar-refractivity contribution in [2.45, 2.75) is 64.6 Å². The number of carbonyl (C=O) groups excluding carboxylic acids is 1. The Labute approximate surface area is 97.6 Å². The molecule has 2 unspecified atom stereocenters. The molecule has 0 aliphatic heterocycles. The topological polar surface area (TPSA) is 75.4 Å². The molecule has 1 rings (SSSR count). The van der Waals surface area contributed by atoms with E-state index in [1.54, 1.807) is 0 Å². The first-order valence-corrected chi connectivity index (χ1v) is 6.05. The molecule has 1 aliphatic rings. The van der Waals surface area contributed by atoms with Gasteiger partial charge in [0.05, 0.1) is 11.6 Å². The first-order chi connectivity index (χ1) is 7.28. The van der Waals surface area contributed by atoms with Crippen molar-refractivity contribution in [2.24, 2.45) is 11.1 Å². The van der Waals surface area contributed by atoms with Crippen LogP contribution in [0.2, 0.25) is 0 Å². The van der Waals surface area contributed by atoms with Gasteiger partial charge in [-0.25, -0.2) is 0 Å². The zero-order valence-electron chi connectivity index (χ0n) is 10.7. The van der Waals surface area contributed by atoms with E-state index in [4.69, 9.17) is 5.73 Å². The van der Waals surface area contributed by atoms with Crippen molar-refractivity contribution in [2.75, 3.05) is 0 Å². The molecule has 0 aromatic carbocycles. The predicted octanol–water partition coefficient (Wildman–Crippen LogP) is 0.779. The second-order valence-corrected chi connectivity index (χ2v) is 5.46. The van der Waals surface area contributed by atoms with Crippen molar-refractivity contribution in [1.29, 1.82) is 0 Å². The fourth-order valence-corrected chi connectivity index (χ4v) is 2.02. The maximum atomic E-state index is 12.0. The SMILES string of the molecule is CCC(N)(CC)C(=O)NC1CC(O)C1(C)C. The second-order valence-electron chi connectivity index (χ2n) is 5.46. The van der Waals surface area contributed by atoms with Gasteiger partial charge < -0.3 is 16.2 Å². The summed E-state index contributed by atoms with van der Waals surface area (Å²) in [5.74, 6) is -0.0949. The van der Waals surface area contributed by atoms with E-state index in [0.29, 0.717) is 19.3 Å². The normalized spacial score (nSPS) is 28.4. The predicted molar refractivity (Wildman–Crippen MR) is 63.8 cm³/mol. The zero-order chi connectivity index (χ0) is 12.6. The summed E-state index contributed by atoms with van der Waals surface area (Å²) in [7, 11) is 0. The molecule has 4 nitrogen and oxygen atoms in total. The van der Waals surface area contributed by atoms with Gasteiger partial charge in [-0.3, -0.25) is 4.79 Å². The first kappa shape index (κ1) is 13.5. The van der Waals surface area contributed by atoms with Crippen LogP contribution in [0.3, 0.4) is 0 Å². The van der Waals surface area contributed by atoms with Crippen LogP contribution in [0.25, 0.3) is 0 Å². The molecule has 16 heavy (non-hydrogen) atoms. The van der Waals surface area contributed by atoms with E-state index >= 15 is 0 Å². The molecule has 1 amide bonds. The maximum Gasteiger partial charge on any atom is 0.240 e. The van der Waals surface area contributed by atoms with Gasteiger partial charge in [0.2, 0.25) is 5.91 Å². The molecular formula is C12H24N2O2. The average molecular weight is 228 g/mol. The van der Waals surface area contributed by atoms with E-state index in [1.165, 1.54) is 0 Å². The molecule has 2 atom stereocenters. The monoisotopic (exact) mass is 228 g/mol. The van der Waals surface area contributed by atoms with Crippen LogP contribution in [0.4, 0.5) is 0 Å². The van der Waals surface area contributed by atoms with E-state index < -0.39 is 5.54 Å². The lowest BCUT2D eigenvalue weighted by atomic mass is 9.64. The number of carbonyl (C=O) groups is 1. The molecule has 0 bridgehead atoms. The van der Waals surface area contributed by atoms with E-state index in [1.807, 2.05) is 27.7 Å². The van der Waals surface area contributed by atoms with Gasteiger partial charge in [-0.2, -0.15) is 0 Å². The van der Waals surface area contributed by atoms with Gasteiger partial charge in [0, 0.05) is 11.5 Å². The molecule has 4 heteroatoms. The van der Waals surface area contributed by atoms with Crippen molar-refractivity contribution in [3.8, 4) is 0 Å². The van der Waals surface area contributed by atoms with Crippen LogP contribution in [-0.2, 0) is 4.79 Å². The Kier molecular flexibility index (Phi) is 3.65. The standard InChI is InChI=1S/C12H24N2O2/c1-5-12(13,6-2)10(16)14-8-7-9(15)11(8,3)4/h8-9,15H,5-7,13H2,1-4H3,(H,14,16). The summed E-state index contributed by atoms with van der Waals surface area (Å²) in [5, 5.41) is 12.5. The molecule has 94 valence electrons. The molecule has 1 saturated carbocycles. The van der Waals surface area contributed by atoms with Gasteiger partial charge in [0.25, 0.3) is 0 Å². The average Bonchev–Trinajstić information content (AvgIpc) is 2.27. The Morgan fingerprint density at radius 2 is 2.00 bits per heavy atom. The molecule has 0 aromatic rings. The van der Waals surface area contributed by atoms with E-state index in [2.05, 4.69) is 5.32 Å². The largest absolute Gasteiger partial charge is 0.392 e. The summed E-state index contributed by atoms with van der Waals surface area (Å²) in [6, 6.07) is 0.0380. The van der Waals surface area contributed by atoms with Gasteiger partial charge in [0.15, 0.2) is 0 Å². The van der Waals surface area contributed by atoms with Gasteiger partial charge in [-0.15, -0.1) is 0 Å². The molecule has 0 saturated heterocycles. The van der Waals surface area contributed by atoms with E-state index in [9.17, 15) is 9.90 Å². The Balaban J connectivity index is 2.60. The molecule has 4 N–H and O–H groups in total. The minimum atomic E-state index is -0.767. The van der Waals surface area contributed by atoms with Crippen molar-refractivity contribution >= 4 is 5.91 Å². The fraction of sp³-hybridized carbons (Fsp3) is 0.917. The fourth-order valence-electron chi connectivity index (χ4n) is 2.02. The van der Waals surface area contributed by atoms with Crippen molar-refractivity contribution in [3.05, 3.63) is 0 Å². The summed E-state index contributed by atoms with van der Waals surface area (Å²) in [6.07, 6.45) is 1.56. The number of rotatable bonds is 4. The third-order valence-corrected chi connectivity index (χ3v) is 4.24. The van der Waals surface area contributed by atoms with Crippen LogP contribution in [-0.4, -0.2) is 28.7 Å². The van der Waals surface area contributed by atoms with Crippen molar-refractivity contribution in [3.63, 3.8) is 0 Å². The Morgan fingerprint density at radius 3 is 2.31 bits per heavy atom. The quantitative estimate of drug-likeness (QED) is 0.665. The highest BCUT2D eigenvalue weighted by atomic mass is 16.3. The molecular weight excluding hydrogens is 204 g/mol. The van der Waals surface area contributed by atoms with E-state index in [-0.39, 0.29) is 23.5 Å². The summed E-state index contributed by atoms with van der Waals surface area (Å²) in [4.78, 5) is 12.0. The minimum absolute atomic E-state index is 0.0380. The number of hydrogen-bond acceptors (Lipinski definition) is 3.